The Kier molecular flexibility index (Phi) is 6.05. The van der Waals surface area contributed by atoms with Crippen LogP contribution in [0.3, 0.4) is 0 Å². The lowest BCUT2D eigenvalue weighted by molar-refractivity contribution is -0.380. The topological polar surface area (TPSA) is 72.2 Å². The largest absolute Gasteiger partial charge is 0.324 e. The summed E-state index contributed by atoms with van der Waals surface area (Å²) in [6.45, 7) is 2.16. The fourth-order valence-electron chi connectivity index (χ4n) is 2.01. The summed E-state index contributed by atoms with van der Waals surface area (Å²) >= 11 is 1.03. The van der Waals surface area contributed by atoms with Crippen LogP contribution in [0, 0.1) is 10.1 Å². The lowest BCUT2D eigenvalue weighted by atomic mass is 10.1. The van der Waals surface area contributed by atoms with Crippen LogP contribution in [0.1, 0.15) is 30.2 Å². The molecule has 0 aliphatic rings. The van der Waals surface area contributed by atoms with E-state index in [-0.39, 0.29) is 10.9 Å². The van der Waals surface area contributed by atoms with Crippen LogP contribution in [0.4, 0.5) is 10.7 Å². The van der Waals surface area contributed by atoms with Crippen LogP contribution in [-0.2, 0) is 11.2 Å². The van der Waals surface area contributed by atoms with Gasteiger partial charge in [-0.1, -0.05) is 36.8 Å². The summed E-state index contributed by atoms with van der Waals surface area (Å²) < 4.78 is 0. The van der Waals surface area contributed by atoms with Gasteiger partial charge in [-0.25, -0.2) is 0 Å². The lowest BCUT2D eigenvalue weighted by Crippen LogP contribution is -2.07. The van der Waals surface area contributed by atoms with Crippen molar-refractivity contribution in [1.29, 1.82) is 0 Å². The molecule has 5 nitrogen and oxygen atoms in total. The van der Waals surface area contributed by atoms with E-state index in [9.17, 15) is 14.9 Å². The number of rotatable bonds is 7. The van der Waals surface area contributed by atoms with E-state index in [1.54, 1.807) is 12.1 Å². The number of nitrogens with zero attached hydrogens (tertiary/aromatic N) is 1. The van der Waals surface area contributed by atoms with Gasteiger partial charge in [-0.2, -0.15) is 0 Å². The minimum atomic E-state index is -0.442. The molecule has 0 aliphatic carbocycles. The molecule has 6 heteroatoms. The average Bonchev–Trinajstić information content (AvgIpc) is 3.01. The van der Waals surface area contributed by atoms with Gasteiger partial charge < -0.3 is 5.32 Å². The number of thiophene rings is 1. The number of unbranched alkanes of at least 4 members (excludes halogenated alkanes) is 1. The molecule has 1 amide bonds. The molecule has 0 radical (unpaired) electrons. The zero-order valence-electron chi connectivity index (χ0n) is 12.8. The summed E-state index contributed by atoms with van der Waals surface area (Å²) in [5.41, 5.74) is 1.99. The highest BCUT2D eigenvalue weighted by Crippen LogP contribution is 2.24. The summed E-state index contributed by atoms with van der Waals surface area (Å²) in [6, 6.07) is 10.8. The first-order chi connectivity index (χ1) is 11.1. The highest BCUT2D eigenvalue weighted by atomic mass is 32.1. The third kappa shape index (κ3) is 5.34. The van der Waals surface area contributed by atoms with Crippen molar-refractivity contribution in [1.82, 2.24) is 0 Å². The molecule has 1 aromatic carbocycles. The second-order valence-electron chi connectivity index (χ2n) is 5.06. The Morgan fingerprint density at radius 2 is 2.00 bits per heavy atom. The second-order valence-corrected chi connectivity index (χ2v) is 6.15. The van der Waals surface area contributed by atoms with Crippen molar-refractivity contribution >= 4 is 34.0 Å². The molecule has 1 aromatic heterocycles. The Balaban J connectivity index is 1.90. The van der Waals surface area contributed by atoms with E-state index in [0.717, 1.165) is 36.3 Å². The first-order valence-electron chi connectivity index (χ1n) is 7.40. The van der Waals surface area contributed by atoms with E-state index < -0.39 is 4.92 Å². The van der Waals surface area contributed by atoms with Crippen molar-refractivity contribution in [2.45, 2.75) is 26.2 Å². The maximum atomic E-state index is 11.9. The standard InChI is InChI=1S/C17H18N2O3S/c1-2-3-4-13-5-7-14(8-6-13)18-16(20)11-9-15-10-12-17(23-15)19(21)22/h5-12H,2-4H2,1H3,(H,18,20)/b11-9+. The highest BCUT2D eigenvalue weighted by Gasteiger charge is 2.08. The third-order valence-corrected chi connectivity index (χ3v) is 4.23. The van der Waals surface area contributed by atoms with Crippen LogP contribution in [0.15, 0.2) is 42.5 Å². The minimum Gasteiger partial charge on any atom is -0.323 e. The van der Waals surface area contributed by atoms with Gasteiger partial charge in [-0.15, -0.1) is 0 Å². The van der Waals surface area contributed by atoms with E-state index in [4.69, 9.17) is 0 Å². The molecule has 0 saturated heterocycles. The molecule has 0 fully saturated rings. The zero-order chi connectivity index (χ0) is 16.7. The van der Waals surface area contributed by atoms with Gasteiger partial charge in [-0.05, 0) is 42.7 Å². The van der Waals surface area contributed by atoms with E-state index in [1.165, 1.54) is 17.7 Å². The lowest BCUT2D eigenvalue weighted by Gasteiger charge is -2.04. The van der Waals surface area contributed by atoms with Crippen molar-refractivity contribution < 1.29 is 9.72 Å². The summed E-state index contributed by atoms with van der Waals surface area (Å²) in [7, 11) is 0. The number of aryl methyl sites for hydroxylation is 1. The molecule has 0 bridgehead atoms. The smallest absolute Gasteiger partial charge is 0.323 e. The number of hydrogen-bond acceptors (Lipinski definition) is 4. The first kappa shape index (κ1) is 16.9. The van der Waals surface area contributed by atoms with Crippen molar-refractivity contribution in [2.75, 3.05) is 5.32 Å². The maximum Gasteiger partial charge on any atom is 0.324 e. The number of carbonyl (C=O) groups is 1. The molecule has 0 atom stereocenters. The second kappa shape index (κ2) is 8.24. The number of nitro groups is 1. The molecule has 0 unspecified atom stereocenters. The molecule has 23 heavy (non-hydrogen) atoms. The summed E-state index contributed by atoms with van der Waals surface area (Å²) in [6.07, 6.45) is 6.30. The number of hydrogen-bond donors (Lipinski definition) is 1. The van der Waals surface area contributed by atoms with E-state index in [0.29, 0.717) is 4.88 Å². The van der Waals surface area contributed by atoms with Gasteiger partial charge in [0, 0.05) is 22.7 Å². The van der Waals surface area contributed by atoms with Gasteiger partial charge in [0.05, 0.1) is 4.92 Å². The number of carbonyl (C=O) groups excluding carboxylic acids is 1. The maximum absolute atomic E-state index is 11.9. The molecule has 0 spiro atoms. The summed E-state index contributed by atoms with van der Waals surface area (Å²) in [5.74, 6) is -0.262. The summed E-state index contributed by atoms with van der Waals surface area (Å²) in [5, 5.41) is 13.4. The zero-order valence-corrected chi connectivity index (χ0v) is 13.6. The predicted molar refractivity (Wildman–Crippen MR) is 93.7 cm³/mol. The van der Waals surface area contributed by atoms with Crippen LogP contribution >= 0.6 is 11.3 Å². The number of benzene rings is 1. The molecule has 0 aliphatic heterocycles. The molecular weight excluding hydrogens is 312 g/mol. The minimum absolute atomic E-state index is 0.0627. The normalized spacial score (nSPS) is 10.8. The van der Waals surface area contributed by atoms with Crippen molar-refractivity contribution in [2.24, 2.45) is 0 Å². The van der Waals surface area contributed by atoms with Gasteiger partial charge in [0.15, 0.2) is 0 Å². The van der Waals surface area contributed by atoms with Crippen LogP contribution in [-0.4, -0.2) is 10.8 Å². The molecule has 1 heterocycles. The fourth-order valence-corrected chi connectivity index (χ4v) is 2.73. The predicted octanol–water partition coefficient (Wildman–Crippen LogP) is 4.65. The van der Waals surface area contributed by atoms with E-state index >= 15 is 0 Å². The van der Waals surface area contributed by atoms with Gasteiger partial charge >= 0.3 is 5.00 Å². The van der Waals surface area contributed by atoms with Gasteiger partial charge in [-0.3, -0.25) is 14.9 Å². The molecule has 0 saturated carbocycles. The monoisotopic (exact) mass is 330 g/mol. The molecule has 2 rings (SSSR count). The first-order valence-corrected chi connectivity index (χ1v) is 8.22. The average molecular weight is 330 g/mol. The molecule has 1 N–H and O–H groups in total. The Bertz CT molecular complexity index is 705. The number of anilines is 1. The molecule has 120 valence electrons. The Labute approximate surface area is 138 Å². The van der Waals surface area contributed by atoms with Crippen molar-refractivity contribution in [3.05, 3.63) is 63.0 Å². The van der Waals surface area contributed by atoms with E-state index in [2.05, 4.69) is 12.2 Å². The van der Waals surface area contributed by atoms with Crippen molar-refractivity contribution in [3.63, 3.8) is 0 Å². The van der Waals surface area contributed by atoms with Crippen LogP contribution in [0.5, 0.6) is 0 Å². The van der Waals surface area contributed by atoms with Crippen LogP contribution in [0.25, 0.3) is 6.08 Å². The Morgan fingerprint density at radius 1 is 1.26 bits per heavy atom. The van der Waals surface area contributed by atoms with Gasteiger partial charge in [0.25, 0.3) is 0 Å². The Hall–Kier alpha value is -2.47. The van der Waals surface area contributed by atoms with Gasteiger partial charge in [0.1, 0.15) is 0 Å². The highest BCUT2D eigenvalue weighted by molar-refractivity contribution is 7.16. The fraction of sp³-hybridized carbons (Fsp3) is 0.235. The van der Waals surface area contributed by atoms with Crippen molar-refractivity contribution in [3.8, 4) is 0 Å². The quantitative estimate of drug-likeness (QED) is 0.456. The number of amides is 1. The number of nitrogens with one attached hydrogen (secondary N) is 1. The molecular formula is C17H18N2O3S. The SMILES string of the molecule is CCCCc1ccc(NC(=O)/C=C/c2ccc([N+](=O)[O-])s2)cc1. The van der Waals surface area contributed by atoms with Gasteiger partial charge in [0.2, 0.25) is 5.91 Å². The summed E-state index contributed by atoms with van der Waals surface area (Å²) in [4.78, 5) is 22.7. The van der Waals surface area contributed by atoms with E-state index in [1.807, 2.05) is 24.3 Å². The third-order valence-electron chi connectivity index (χ3n) is 3.23. The van der Waals surface area contributed by atoms with Crippen LogP contribution in [0.2, 0.25) is 0 Å². The van der Waals surface area contributed by atoms with Crippen LogP contribution < -0.4 is 5.32 Å². The molecule has 2 aromatic rings. The Morgan fingerprint density at radius 3 is 2.61 bits per heavy atom.